The van der Waals surface area contributed by atoms with Crippen molar-refractivity contribution >= 4 is 11.6 Å². The Balaban J connectivity index is 1.85. The van der Waals surface area contributed by atoms with Gasteiger partial charge < -0.3 is 20.1 Å². The average Bonchev–Trinajstić information content (AvgIpc) is 2.63. The predicted octanol–water partition coefficient (Wildman–Crippen LogP) is 3.14. The Morgan fingerprint density at radius 2 is 2.00 bits per heavy atom. The number of halogens is 1. The van der Waals surface area contributed by atoms with Gasteiger partial charge in [-0.1, -0.05) is 12.1 Å². The van der Waals surface area contributed by atoms with Crippen LogP contribution in [-0.2, 0) is 0 Å². The number of nitrogens with one attached hydrogen (secondary N) is 1. The van der Waals surface area contributed by atoms with Crippen molar-refractivity contribution in [1.29, 1.82) is 0 Å². The number of carbonyl (C=O) groups is 1. The normalized spacial score (nSPS) is 19.7. The molecule has 0 heterocycles. The summed E-state index contributed by atoms with van der Waals surface area (Å²) in [6.07, 6.45) is 0.793. The van der Waals surface area contributed by atoms with E-state index >= 15 is 0 Å². The van der Waals surface area contributed by atoms with Gasteiger partial charge in [0.25, 0.3) is 5.91 Å². The molecule has 144 valence electrons. The van der Waals surface area contributed by atoms with Crippen molar-refractivity contribution in [3.8, 4) is 5.75 Å². The summed E-state index contributed by atoms with van der Waals surface area (Å²) >= 11 is 0. The van der Waals surface area contributed by atoms with E-state index < -0.39 is 5.82 Å². The predicted molar refractivity (Wildman–Crippen MR) is 103 cm³/mol. The Kier molecular flexibility index (Phi) is 5.65. The molecule has 2 aromatic carbocycles. The molecule has 1 aliphatic rings. The smallest absolute Gasteiger partial charge is 0.251 e. The molecule has 2 aromatic rings. The summed E-state index contributed by atoms with van der Waals surface area (Å²) in [6.45, 7) is 0. The van der Waals surface area contributed by atoms with Crippen molar-refractivity contribution in [2.75, 3.05) is 26.1 Å². The molecule has 1 fully saturated rings. The minimum Gasteiger partial charge on any atom is -0.494 e. The lowest BCUT2D eigenvalue weighted by Gasteiger charge is -2.38. The van der Waals surface area contributed by atoms with Gasteiger partial charge >= 0.3 is 0 Å². The molecule has 0 aliphatic heterocycles. The van der Waals surface area contributed by atoms with Crippen LogP contribution in [0.25, 0.3) is 0 Å². The van der Waals surface area contributed by atoms with Gasteiger partial charge in [-0.05, 0) is 54.7 Å². The van der Waals surface area contributed by atoms with E-state index in [1.807, 2.05) is 37.2 Å². The third kappa shape index (κ3) is 4.22. The van der Waals surface area contributed by atoms with Crippen molar-refractivity contribution in [2.45, 2.75) is 25.0 Å². The summed E-state index contributed by atoms with van der Waals surface area (Å²) in [7, 11) is 5.24. The first-order chi connectivity index (χ1) is 12.9. The maximum absolute atomic E-state index is 14.2. The van der Waals surface area contributed by atoms with Crippen LogP contribution in [0.3, 0.4) is 0 Å². The van der Waals surface area contributed by atoms with Crippen molar-refractivity contribution < 1.29 is 19.0 Å². The van der Waals surface area contributed by atoms with E-state index in [1.54, 1.807) is 18.2 Å². The van der Waals surface area contributed by atoms with Crippen LogP contribution in [0.15, 0.2) is 42.5 Å². The summed E-state index contributed by atoms with van der Waals surface area (Å²) in [6, 6.07) is 11.7. The fourth-order valence-corrected chi connectivity index (χ4v) is 3.40. The van der Waals surface area contributed by atoms with E-state index in [0.29, 0.717) is 24.0 Å². The molecular formula is C21H25FN2O3. The number of aliphatic hydroxyl groups excluding tert-OH is 1. The highest BCUT2D eigenvalue weighted by molar-refractivity contribution is 5.95. The number of ether oxygens (including phenoxy) is 1. The third-order valence-corrected chi connectivity index (χ3v) is 5.07. The van der Waals surface area contributed by atoms with Gasteiger partial charge in [0.2, 0.25) is 0 Å². The summed E-state index contributed by atoms with van der Waals surface area (Å²) in [5.74, 6) is -0.463. The molecule has 0 spiro atoms. The minimum atomic E-state index is -0.469. The lowest BCUT2D eigenvalue weighted by Crippen LogP contribution is -2.41. The fraction of sp³-hybridized carbons (Fsp3) is 0.381. The second-order valence-electron chi connectivity index (χ2n) is 7.18. The van der Waals surface area contributed by atoms with Gasteiger partial charge in [-0.15, -0.1) is 0 Å². The quantitative estimate of drug-likeness (QED) is 0.818. The monoisotopic (exact) mass is 372 g/mol. The van der Waals surface area contributed by atoms with E-state index in [9.17, 15) is 14.3 Å². The first-order valence-electron chi connectivity index (χ1n) is 8.98. The van der Waals surface area contributed by atoms with Gasteiger partial charge in [-0.25, -0.2) is 4.39 Å². The summed E-state index contributed by atoms with van der Waals surface area (Å²) in [5, 5.41) is 12.7. The number of rotatable bonds is 6. The Morgan fingerprint density at radius 1 is 1.26 bits per heavy atom. The molecule has 0 aromatic heterocycles. The van der Waals surface area contributed by atoms with E-state index in [2.05, 4.69) is 5.32 Å². The van der Waals surface area contributed by atoms with Gasteiger partial charge in [0.05, 0.1) is 19.3 Å². The van der Waals surface area contributed by atoms with Gasteiger partial charge in [0, 0.05) is 25.3 Å². The molecule has 0 radical (unpaired) electrons. The number of nitrogens with zero attached hydrogens (tertiary/aromatic N) is 1. The summed E-state index contributed by atoms with van der Waals surface area (Å²) in [4.78, 5) is 14.8. The molecule has 1 saturated carbocycles. The van der Waals surface area contributed by atoms with Crippen LogP contribution in [-0.4, -0.2) is 38.3 Å². The zero-order chi connectivity index (χ0) is 19.6. The number of methoxy groups -OCH3 is 1. The second kappa shape index (κ2) is 7.96. The Labute approximate surface area is 158 Å². The molecular weight excluding hydrogens is 347 g/mol. The maximum Gasteiger partial charge on any atom is 0.251 e. The van der Waals surface area contributed by atoms with Gasteiger partial charge in [-0.3, -0.25) is 4.79 Å². The van der Waals surface area contributed by atoms with E-state index in [1.165, 1.54) is 13.2 Å². The number of anilines is 1. The number of amides is 1. The van der Waals surface area contributed by atoms with Crippen LogP contribution in [0.2, 0.25) is 0 Å². The second-order valence-corrected chi connectivity index (χ2v) is 7.18. The first kappa shape index (κ1) is 19.2. The summed E-state index contributed by atoms with van der Waals surface area (Å²) < 4.78 is 19.2. The van der Waals surface area contributed by atoms with Crippen LogP contribution in [0.1, 0.15) is 34.8 Å². The molecule has 6 heteroatoms. The SMILES string of the molecule is COc1ccc(C(NC(=O)c2cccc(N(C)C)c2)C2CC(O)C2)cc1F. The maximum atomic E-state index is 14.2. The molecule has 1 aliphatic carbocycles. The summed E-state index contributed by atoms with van der Waals surface area (Å²) in [5.41, 5.74) is 2.14. The topological polar surface area (TPSA) is 61.8 Å². The first-order valence-corrected chi connectivity index (χ1v) is 8.98. The molecule has 3 rings (SSSR count). The van der Waals surface area contributed by atoms with Crippen LogP contribution in [0.4, 0.5) is 10.1 Å². The standard InChI is InChI=1S/C21H25FN2O3/c1-24(2)16-6-4-5-14(9-16)21(26)23-20(15-10-17(25)11-15)13-7-8-19(27-3)18(22)12-13/h4-9,12,15,17,20,25H,10-11H2,1-3H3,(H,23,26). The third-order valence-electron chi connectivity index (χ3n) is 5.07. The van der Waals surface area contributed by atoms with Crippen molar-refractivity contribution in [3.05, 3.63) is 59.4 Å². The zero-order valence-electron chi connectivity index (χ0n) is 15.8. The number of aliphatic hydroxyl groups is 1. The zero-order valence-corrected chi connectivity index (χ0v) is 15.8. The molecule has 0 bridgehead atoms. The number of hydrogen-bond donors (Lipinski definition) is 2. The molecule has 1 amide bonds. The lowest BCUT2D eigenvalue weighted by molar-refractivity contribution is 0.0235. The molecule has 5 nitrogen and oxygen atoms in total. The van der Waals surface area contributed by atoms with E-state index in [-0.39, 0.29) is 29.7 Å². The highest BCUT2D eigenvalue weighted by Crippen LogP contribution is 2.39. The average molecular weight is 372 g/mol. The fourth-order valence-electron chi connectivity index (χ4n) is 3.40. The molecule has 0 saturated heterocycles. The Morgan fingerprint density at radius 3 is 2.59 bits per heavy atom. The number of hydrogen-bond acceptors (Lipinski definition) is 4. The van der Waals surface area contributed by atoms with Crippen LogP contribution in [0, 0.1) is 11.7 Å². The van der Waals surface area contributed by atoms with Crippen molar-refractivity contribution in [1.82, 2.24) is 5.32 Å². The number of carbonyl (C=O) groups excluding carboxylic acids is 1. The lowest BCUT2D eigenvalue weighted by atomic mass is 9.75. The molecule has 1 unspecified atom stereocenters. The van der Waals surface area contributed by atoms with Crippen molar-refractivity contribution in [2.24, 2.45) is 5.92 Å². The van der Waals surface area contributed by atoms with E-state index in [0.717, 1.165) is 5.69 Å². The van der Waals surface area contributed by atoms with Gasteiger partial charge in [-0.2, -0.15) is 0 Å². The van der Waals surface area contributed by atoms with Gasteiger partial charge in [0.1, 0.15) is 0 Å². The molecule has 2 N–H and O–H groups in total. The Hall–Kier alpha value is -2.60. The molecule has 1 atom stereocenters. The highest BCUT2D eigenvalue weighted by Gasteiger charge is 2.36. The van der Waals surface area contributed by atoms with Crippen LogP contribution in [0.5, 0.6) is 5.75 Å². The van der Waals surface area contributed by atoms with Crippen molar-refractivity contribution in [3.63, 3.8) is 0 Å². The van der Waals surface area contributed by atoms with Crippen LogP contribution >= 0.6 is 0 Å². The number of benzene rings is 2. The van der Waals surface area contributed by atoms with Gasteiger partial charge in [0.15, 0.2) is 11.6 Å². The van der Waals surface area contributed by atoms with Crippen LogP contribution < -0.4 is 15.0 Å². The Bertz CT molecular complexity index is 819. The van der Waals surface area contributed by atoms with E-state index in [4.69, 9.17) is 4.74 Å². The minimum absolute atomic E-state index is 0.0637. The molecule has 27 heavy (non-hydrogen) atoms. The largest absolute Gasteiger partial charge is 0.494 e. The highest BCUT2D eigenvalue weighted by atomic mass is 19.1.